The number of nitrogen functional groups attached to an aromatic ring is 1. The fourth-order valence-corrected chi connectivity index (χ4v) is 5.79. The fraction of sp³-hybridized carbons (Fsp3) is 0.310. The number of aromatic nitrogens is 4. The average molecular weight is 536 g/mol. The first-order chi connectivity index (χ1) is 19.3. The molecule has 0 saturated carbocycles. The maximum Gasteiger partial charge on any atom is 0.261 e. The van der Waals surface area contributed by atoms with Crippen LogP contribution < -0.4 is 16.0 Å². The van der Waals surface area contributed by atoms with Crippen molar-refractivity contribution in [1.29, 1.82) is 5.26 Å². The minimum atomic E-state index is -0.347. The van der Waals surface area contributed by atoms with Crippen molar-refractivity contribution in [3.63, 3.8) is 0 Å². The summed E-state index contributed by atoms with van der Waals surface area (Å²) in [6.45, 7) is 4.92. The monoisotopic (exact) mass is 535 g/mol. The molecule has 2 aliphatic heterocycles. The van der Waals surface area contributed by atoms with E-state index in [1.807, 2.05) is 30.8 Å². The van der Waals surface area contributed by atoms with Gasteiger partial charge in [0.05, 0.1) is 51.3 Å². The van der Waals surface area contributed by atoms with Gasteiger partial charge in [0.1, 0.15) is 17.5 Å². The summed E-state index contributed by atoms with van der Waals surface area (Å²) in [6.07, 6.45) is 3.50. The molecule has 6 rings (SSSR count). The van der Waals surface area contributed by atoms with E-state index in [2.05, 4.69) is 32.3 Å². The van der Waals surface area contributed by atoms with Crippen LogP contribution in [0.25, 0.3) is 11.0 Å². The molecule has 2 amide bonds. The highest BCUT2D eigenvalue weighted by Crippen LogP contribution is 2.35. The van der Waals surface area contributed by atoms with E-state index in [-0.39, 0.29) is 29.8 Å². The van der Waals surface area contributed by atoms with Crippen LogP contribution >= 0.6 is 0 Å². The number of fused-ring (bicyclic) bond motifs is 2. The summed E-state index contributed by atoms with van der Waals surface area (Å²) < 4.78 is 2.02. The number of benzene rings is 1. The number of pyridine rings is 1. The number of hydrogen-bond acceptors (Lipinski definition) is 9. The molecule has 2 unspecified atom stereocenters. The van der Waals surface area contributed by atoms with Crippen molar-refractivity contribution in [3.05, 3.63) is 70.7 Å². The van der Waals surface area contributed by atoms with Crippen LogP contribution in [0.1, 0.15) is 63.5 Å². The first-order valence-corrected chi connectivity index (χ1v) is 13.3. The number of piperidine rings is 1. The average Bonchev–Trinajstić information content (AvgIpc) is 3.43. The van der Waals surface area contributed by atoms with Gasteiger partial charge in [0.2, 0.25) is 5.95 Å². The molecule has 1 aromatic carbocycles. The Balaban J connectivity index is 1.36. The topological polar surface area (TPSA) is 146 Å². The van der Waals surface area contributed by atoms with E-state index in [1.54, 1.807) is 31.2 Å². The summed E-state index contributed by atoms with van der Waals surface area (Å²) in [7, 11) is 1.97. The van der Waals surface area contributed by atoms with Gasteiger partial charge in [0.25, 0.3) is 11.8 Å². The number of rotatable bonds is 5. The second-order valence-electron chi connectivity index (χ2n) is 10.4. The Morgan fingerprint density at radius 3 is 2.55 bits per heavy atom. The van der Waals surface area contributed by atoms with Crippen molar-refractivity contribution in [2.24, 2.45) is 7.05 Å². The van der Waals surface area contributed by atoms with Crippen molar-refractivity contribution in [3.8, 4) is 6.07 Å². The van der Waals surface area contributed by atoms with E-state index in [1.165, 1.54) is 4.90 Å². The lowest BCUT2D eigenvalue weighted by Crippen LogP contribution is -2.50. The standard InChI is InChI=1S/C29H29N9O2/c1-16-21(14-30)26(35-29(31)33-16)32-17(2)25-24(13-23-22(34-25)10-12-36(23)3)37-11-6-7-18(15-37)38-27(39)19-8-4-5-9-20(19)28(38)40/h4-5,8-10,12-13,17-18H,6-7,11,15H2,1-3H3,(H3,31,32,33,35). The molecule has 2 aliphatic rings. The highest BCUT2D eigenvalue weighted by Gasteiger charge is 2.41. The van der Waals surface area contributed by atoms with Gasteiger partial charge >= 0.3 is 0 Å². The Morgan fingerprint density at radius 2 is 1.85 bits per heavy atom. The molecule has 202 valence electrons. The van der Waals surface area contributed by atoms with Crippen molar-refractivity contribution < 1.29 is 9.59 Å². The lowest BCUT2D eigenvalue weighted by Gasteiger charge is -2.39. The number of hydrogen-bond donors (Lipinski definition) is 2. The van der Waals surface area contributed by atoms with Crippen LogP contribution in [0, 0.1) is 18.3 Å². The summed E-state index contributed by atoms with van der Waals surface area (Å²) in [5.74, 6) is -0.0416. The number of nitrogens with two attached hydrogens (primary N) is 1. The molecular weight excluding hydrogens is 506 g/mol. The van der Waals surface area contributed by atoms with Crippen molar-refractivity contribution in [2.75, 3.05) is 29.0 Å². The molecule has 11 heteroatoms. The summed E-state index contributed by atoms with van der Waals surface area (Å²) in [5, 5.41) is 13.1. The van der Waals surface area contributed by atoms with Crippen LogP contribution in [0.5, 0.6) is 0 Å². The van der Waals surface area contributed by atoms with Crippen LogP contribution in [-0.4, -0.2) is 55.4 Å². The molecule has 3 aromatic heterocycles. The second kappa shape index (κ2) is 9.64. The largest absolute Gasteiger partial charge is 0.368 e. The first-order valence-electron chi connectivity index (χ1n) is 13.3. The maximum absolute atomic E-state index is 13.2. The van der Waals surface area contributed by atoms with E-state index in [0.717, 1.165) is 41.8 Å². The van der Waals surface area contributed by atoms with Crippen LogP contribution in [0.2, 0.25) is 0 Å². The lowest BCUT2D eigenvalue weighted by atomic mass is 10.0. The van der Waals surface area contributed by atoms with Gasteiger partial charge in [-0.2, -0.15) is 10.2 Å². The van der Waals surface area contributed by atoms with Crippen molar-refractivity contribution in [2.45, 2.75) is 38.8 Å². The Morgan fingerprint density at radius 1 is 1.12 bits per heavy atom. The molecule has 11 nitrogen and oxygen atoms in total. The number of carbonyl (C=O) groups is 2. The van der Waals surface area contributed by atoms with E-state index in [4.69, 9.17) is 10.7 Å². The molecule has 0 aliphatic carbocycles. The number of anilines is 3. The fourth-order valence-electron chi connectivity index (χ4n) is 5.79. The summed E-state index contributed by atoms with van der Waals surface area (Å²) in [6, 6.07) is 12.6. The van der Waals surface area contributed by atoms with Crippen LogP contribution in [0.3, 0.4) is 0 Å². The predicted octanol–water partition coefficient (Wildman–Crippen LogP) is 3.56. The molecule has 5 heterocycles. The number of carbonyl (C=O) groups excluding carboxylic acids is 2. The molecule has 40 heavy (non-hydrogen) atoms. The van der Waals surface area contributed by atoms with Gasteiger partial charge in [0, 0.05) is 26.3 Å². The van der Waals surface area contributed by atoms with E-state index < -0.39 is 0 Å². The van der Waals surface area contributed by atoms with Gasteiger partial charge in [-0.15, -0.1) is 0 Å². The molecule has 3 N–H and O–H groups in total. The minimum Gasteiger partial charge on any atom is -0.368 e. The Hall–Kier alpha value is -4.98. The third kappa shape index (κ3) is 4.09. The number of aryl methyl sites for hydroxylation is 2. The van der Waals surface area contributed by atoms with Gasteiger partial charge in [-0.25, -0.2) is 9.97 Å². The summed E-state index contributed by atoms with van der Waals surface area (Å²) in [4.78, 5) is 43.5. The van der Waals surface area contributed by atoms with Gasteiger partial charge in [-0.05, 0) is 51.0 Å². The predicted molar refractivity (Wildman–Crippen MR) is 151 cm³/mol. The zero-order valence-corrected chi connectivity index (χ0v) is 22.5. The van der Waals surface area contributed by atoms with Gasteiger partial charge in [-0.1, -0.05) is 12.1 Å². The lowest BCUT2D eigenvalue weighted by molar-refractivity contribution is 0.0570. The SMILES string of the molecule is Cc1nc(N)nc(NC(C)c2nc3ccn(C)c3cc2N2CCCC(N3C(=O)c4ccccc4C3=O)C2)c1C#N. The maximum atomic E-state index is 13.2. The van der Waals surface area contributed by atoms with Crippen LogP contribution in [0.15, 0.2) is 42.6 Å². The second-order valence-corrected chi connectivity index (χ2v) is 10.4. The molecular formula is C29H29N9O2. The minimum absolute atomic E-state index is 0.0812. The third-order valence-electron chi connectivity index (χ3n) is 7.79. The Bertz CT molecular complexity index is 1690. The van der Waals surface area contributed by atoms with Crippen molar-refractivity contribution >= 4 is 40.3 Å². The normalized spacial score (nSPS) is 17.7. The highest BCUT2D eigenvalue weighted by molar-refractivity contribution is 6.21. The molecule has 4 aromatic rings. The van der Waals surface area contributed by atoms with Gasteiger partial charge in [-0.3, -0.25) is 14.5 Å². The number of imide groups is 1. The van der Waals surface area contributed by atoms with Crippen LogP contribution in [0.4, 0.5) is 17.5 Å². The number of nitriles is 1. The van der Waals surface area contributed by atoms with E-state index in [9.17, 15) is 14.9 Å². The molecule has 1 saturated heterocycles. The molecule has 1 fully saturated rings. The number of nitrogens with zero attached hydrogens (tertiary/aromatic N) is 7. The summed E-state index contributed by atoms with van der Waals surface area (Å²) >= 11 is 0. The van der Waals surface area contributed by atoms with Crippen molar-refractivity contribution in [1.82, 2.24) is 24.4 Å². The van der Waals surface area contributed by atoms with E-state index in [0.29, 0.717) is 34.7 Å². The third-order valence-corrected chi connectivity index (χ3v) is 7.79. The first kappa shape index (κ1) is 25.3. The highest BCUT2D eigenvalue weighted by atomic mass is 16.2. The zero-order valence-electron chi connectivity index (χ0n) is 22.5. The Kier molecular flexibility index (Phi) is 6.10. The van der Waals surface area contributed by atoms with E-state index >= 15 is 0 Å². The smallest absolute Gasteiger partial charge is 0.261 e. The number of amides is 2. The molecule has 2 atom stereocenters. The molecule has 0 radical (unpaired) electrons. The molecule has 0 spiro atoms. The van der Waals surface area contributed by atoms with Crippen LogP contribution in [-0.2, 0) is 7.05 Å². The quantitative estimate of drug-likeness (QED) is 0.366. The molecule has 0 bridgehead atoms. The zero-order chi connectivity index (χ0) is 28.1. The van der Waals surface area contributed by atoms with Gasteiger partial charge < -0.3 is 20.5 Å². The van der Waals surface area contributed by atoms with Gasteiger partial charge in [0.15, 0.2) is 0 Å². The summed E-state index contributed by atoms with van der Waals surface area (Å²) in [5.41, 5.74) is 11.1. The Labute approximate surface area is 231 Å². The number of nitrogens with one attached hydrogen (secondary N) is 1.